The van der Waals surface area contributed by atoms with Crippen LogP contribution in [0.25, 0.3) is 0 Å². The van der Waals surface area contributed by atoms with Crippen LogP contribution in [0.4, 0.5) is 11.5 Å². The number of H-pyrrole nitrogens is 1. The van der Waals surface area contributed by atoms with Crippen LogP contribution < -0.4 is 21.9 Å². The van der Waals surface area contributed by atoms with Crippen LogP contribution in [0, 0.1) is 0 Å². The van der Waals surface area contributed by atoms with Crippen LogP contribution in [0.3, 0.4) is 0 Å². The SMILES string of the molecule is CCCCn1c(N)c(N(Cc2ccco2)C(=O)c2cnc(Cl)c(Cl)c2)c(=O)[nH]c1=O. The second-order valence-electron chi connectivity index (χ2n) is 6.47. The summed E-state index contributed by atoms with van der Waals surface area (Å²) in [7, 11) is 0. The standard InChI is InChI=1S/C19H19Cl2N5O4/c1-2-3-6-25-16(22)14(17(27)24-19(25)29)26(10-12-5-4-7-30-12)18(28)11-8-13(20)15(21)23-9-11/h4-5,7-9H,2-3,6,10,22H2,1H3,(H,24,27,29). The highest BCUT2D eigenvalue weighted by Gasteiger charge is 2.27. The summed E-state index contributed by atoms with van der Waals surface area (Å²) in [4.78, 5) is 45.4. The van der Waals surface area contributed by atoms with Crippen LogP contribution in [-0.4, -0.2) is 20.4 Å². The molecule has 11 heteroatoms. The number of aromatic nitrogens is 3. The van der Waals surface area contributed by atoms with Gasteiger partial charge in [0.05, 0.1) is 23.4 Å². The Hall–Kier alpha value is -3.04. The van der Waals surface area contributed by atoms with Gasteiger partial charge >= 0.3 is 5.69 Å². The maximum atomic E-state index is 13.3. The molecule has 9 nitrogen and oxygen atoms in total. The van der Waals surface area contributed by atoms with Gasteiger partial charge in [0.2, 0.25) is 0 Å². The molecule has 0 spiro atoms. The van der Waals surface area contributed by atoms with E-state index in [9.17, 15) is 14.4 Å². The molecule has 0 aromatic carbocycles. The van der Waals surface area contributed by atoms with E-state index in [1.807, 2.05) is 6.92 Å². The smallest absolute Gasteiger partial charge is 0.330 e. The summed E-state index contributed by atoms with van der Waals surface area (Å²) in [5, 5.41) is 0.117. The number of nitrogens with zero attached hydrogens (tertiary/aromatic N) is 3. The van der Waals surface area contributed by atoms with Gasteiger partial charge < -0.3 is 10.2 Å². The number of carbonyl (C=O) groups excluding carboxylic acids is 1. The first kappa shape index (κ1) is 21.7. The minimum Gasteiger partial charge on any atom is -0.467 e. The van der Waals surface area contributed by atoms with Gasteiger partial charge in [-0.15, -0.1) is 0 Å². The second kappa shape index (κ2) is 9.19. The molecule has 3 aromatic rings. The highest BCUT2D eigenvalue weighted by Crippen LogP contribution is 2.25. The van der Waals surface area contributed by atoms with E-state index in [0.29, 0.717) is 18.7 Å². The number of nitrogens with two attached hydrogens (primary N) is 1. The normalized spacial score (nSPS) is 10.9. The van der Waals surface area contributed by atoms with E-state index in [0.717, 1.165) is 11.3 Å². The Morgan fingerprint density at radius 1 is 1.37 bits per heavy atom. The average molecular weight is 452 g/mol. The molecule has 30 heavy (non-hydrogen) atoms. The minimum absolute atomic E-state index is 0.0382. The van der Waals surface area contributed by atoms with E-state index >= 15 is 0 Å². The van der Waals surface area contributed by atoms with Crippen LogP contribution in [0.15, 0.2) is 44.7 Å². The highest BCUT2D eigenvalue weighted by molar-refractivity contribution is 6.41. The third kappa shape index (κ3) is 4.42. The number of hydrogen-bond acceptors (Lipinski definition) is 6. The fourth-order valence-electron chi connectivity index (χ4n) is 2.88. The van der Waals surface area contributed by atoms with Crippen molar-refractivity contribution >= 4 is 40.6 Å². The molecule has 0 radical (unpaired) electrons. The maximum Gasteiger partial charge on any atom is 0.330 e. The summed E-state index contributed by atoms with van der Waals surface area (Å²) in [6.07, 6.45) is 4.15. The lowest BCUT2D eigenvalue weighted by atomic mass is 10.2. The summed E-state index contributed by atoms with van der Waals surface area (Å²) < 4.78 is 6.57. The molecular weight excluding hydrogens is 433 g/mol. The van der Waals surface area contributed by atoms with Crippen LogP contribution >= 0.6 is 23.2 Å². The molecule has 0 aliphatic carbocycles. The van der Waals surface area contributed by atoms with Crippen molar-refractivity contribution in [3.8, 4) is 0 Å². The van der Waals surface area contributed by atoms with Gasteiger partial charge in [-0.2, -0.15) is 0 Å². The molecule has 0 saturated heterocycles. The first-order chi connectivity index (χ1) is 14.3. The van der Waals surface area contributed by atoms with Gasteiger partial charge in [-0.3, -0.25) is 24.0 Å². The predicted octanol–water partition coefficient (Wildman–Crippen LogP) is 3.06. The number of aromatic amines is 1. The molecule has 3 N–H and O–H groups in total. The van der Waals surface area contributed by atoms with Gasteiger partial charge in [0.25, 0.3) is 11.5 Å². The Bertz CT molecular complexity index is 1170. The summed E-state index contributed by atoms with van der Waals surface area (Å²) in [5.74, 6) is -0.332. The van der Waals surface area contributed by atoms with E-state index in [2.05, 4.69) is 9.97 Å². The summed E-state index contributed by atoms with van der Waals surface area (Å²) in [6, 6.07) is 4.63. The summed E-state index contributed by atoms with van der Waals surface area (Å²) in [6.45, 7) is 2.14. The Kier molecular flexibility index (Phi) is 6.63. The van der Waals surface area contributed by atoms with E-state index in [1.165, 1.54) is 23.1 Å². The van der Waals surface area contributed by atoms with Crippen molar-refractivity contribution in [3.05, 3.63) is 73.0 Å². The topological polar surface area (TPSA) is 127 Å². The number of pyridine rings is 1. The number of nitrogens with one attached hydrogen (secondary N) is 1. The maximum absolute atomic E-state index is 13.3. The second-order valence-corrected chi connectivity index (χ2v) is 7.23. The van der Waals surface area contributed by atoms with E-state index in [-0.39, 0.29) is 33.8 Å². The van der Waals surface area contributed by atoms with Crippen LogP contribution in [0.5, 0.6) is 0 Å². The molecule has 0 unspecified atom stereocenters. The van der Waals surface area contributed by atoms with Crippen molar-refractivity contribution in [1.82, 2.24) is 14.5 Å². The molecule has 3 rings (SSSR count). The number of rotatable bonds is 7. The number of anilines is 2. The number of nitrogen functional groups attached to an aromatic ring is 1. The molecule has 158 valence electrons. The zero-order chi connectivity index (χ0) is 21.8. The van der Waals surface area contributed by atoms with Crippen molar-refractivity contribution in [2.45, 2.75) is 32.9 Å². The van der Waals surface area contributed by atoms with Gasteiger partial charge in [-0.25, -0.2) is 9.78 Å². The van der Waals surface area contributed by atoms with E-state index in [4.69, 9.17) is 33.4 Å². The summed E-state index contributed by atoms with van der Waals surface area (Å²) >= 11 is 11.8. The lowest BCUT2D eigenvalue weighted by Gasteiger charge is -2.24. The van der Waals surface area contributed by atoms with Crippen molar-refractivity contribution in [2.75, 3.05) is 10.6 Å². The largest absolute Gasteiger partial charge is 0.467 e. The lowest BCUT2D eigenvalue weighted by Crippen LogP contribution is -2.41. The first-order valence-electron chi connectivity index (χ1n) is 9.11. The van der Waals surface area contributed by atoms with Crippen molar-refractivity contribution in [3.63, 3.8) is 0 Å². The van der Waals surface area contributed by atoms with Gasteiger partial charge in [-0.1, -0.05) is 36.5 Å². The van der Waals surface area contributed by atoms with Gasteiger partial charge in [-0.05, 0) is 24.6 Å². The molecule has 0 fully saturated rings. The van der Waals surface area contributed by atoms with Crippen LogP contribution in [0.1, 0.15) is 35.9 Å². The zero-order valence-electron chi connectivity index (χ0n) is 16.0. The van der Waals surface area contributed by atoms with Gasteiger partial charge in [0, 0.05) is 12.7 Å². The van der Waals surface area contributed by atoms with Crippen molar-refractivity contribution in [1.29, 1.82) is 0 Å². The minimum atomic E-state index is -0.793. The fourth-order valence-corrected chi connectivity index (χ4v) is 3.15. The van der Waals surface area contributed by atoms with Crippen LogP contribution in [-0.2, 0) is 13.1 Å². The molecule has 0 bridgehead atoms. The molecule has 0 saturated carbocycles. The van der Waals surface area contributed by atoms with Crippen molar-refractivity contribution < 1.29 is 9.21 Å². The summed E-state index contributed by atoms with van der Waals surface area (Å²) in [5.41, 5.74) is 4.66. The molecule has 1 amide bonds. The number of carbonyl (C=O) groups is 1. The van der Waals surface area contributed by atoms with Gasteiger partial charge in [0.15, 0.2) is 5.69 Å². The third-order valence-corrected chi connectivity index (χ3v) is 5.09. The monoisotopic (exact) mass is 451 g/mol. The highest BCUT2D eigenvalue weighted by atomic mass is 35.5. The Balaban J connectivity index is 2.15. The Morgan fingerprint density at radius 2 is 2.13 bits per heavy atom. The molecule has 0 aliphatic rings. The molecule has 0 aliphatic heterocycles. The number of halogens is 2. The quantitative estimate of drug-likeness (QED) is 0.531. The molecule has 0 atom stereocenters. The predicted molar refractivity (Wildman–Crippen MR) is 114 cm³/mol. The fraction of sp³-hybridized carbons (Fsp3) is 0.263. The van der Waals surface area contributed by atoms with E-state index < -0.39 is 17.2 Å². The van der Waals surface area contributed by atoms with Crippen molar-refractivity contribution in [2.24, 2.45) is 0 Å². The molecule has 3 heterocycles. The number of amides is 1. The molecular formula is C19H19Cl2N5O4. The lowest BCUT2D eigenvalue weighted by molar-refractivity contribution is 0.0982. The average Bonchev–Trinajstić information content (AvgIpc) is 3.21. The van der Waals surface area contributed by atoms with Crippen LogP contribution in [0.2, 0.25) is 10.2 Å². The Labute approximate surface area is 181 Å². The number of furan rings is 1. The number of hydrogen-bond donors (Lipinski definition) is 2. The third-order valence-electron chi connectivity index (χ3n) is 4.40. The number of unbranched alkanes of at least 4 members (excludes halogenated alkanes) is 1. The molecule has 3 aromatic heterocycles. The zero-order valence-corrected chi connectivity index (χ0v) is 17.5. The Morgan fingerprint density at radius 3 is 2.77 bits per heavy atom. The van der Waals surface area contributed by atoms with Gasteiger partial charge in [0.1, 0.15) is 16.7 Å². The first-order valence-corrected chi connectivity index (χ1v) is 9.87. The van der Waals surface area contributed by atoms with E-state index in [1.54, 1.807) is 12.1 Å².